The molecule has 0 spiro atoms. The molecule has 1 amide bonds. The monoisotopic (exact) mass is 308 g/mol. The van der Waals surface area contributed by atoms with Crippen molar-refractivity contribution in [2.75, 3.05) is 16.8 Å². The third-order valence-electron chi connectivity index (χ3n) is 2.49. The van der Waals surface area contributed by atoms with E-state index in [1.807, 2.05) is 13.0 Å². The van der Waals surface area contributed by atoms with Crippen LogP contribution in [0.15, 0.2) is 35.6 Å². The molecule has 104 valence electrons. The zero-order chi connectivity index (χ0) is 14.5. The average Bonchev–Trinajstić information content (AvgIpc) is 2.42. The smallest absolute Gasteiger partial charge is 0.234 e. The maximum atomic E-state index is 11.8. The van der Waals surface area contributed by atoms with Gasteiger partial charge in [0.1, 0.15) is 5.03 Å². The highest BCUT2D eigenvalue weighted by molar-refractivity contribution is 8.00. The van der Waals surface area contributed by atoms with Gasteiger partial charge in [0.05, 0.1) is 5.75 Å². The Morgan fingerprint density at radius 3 is 2.85 bits per heavy atom. The minimum Gasteiger partial charge on any atom is -0.381 e. The van der Waals surface area contributed by atoms with E-state index in [2.05, 4.69) is 15.3 Å². The second-order valence-electron chi connectivity index (χ2n) is 4.05. The number of benzene rings is 1. The summed E-state index contributed by atoms with van der Waals surface area (Å²) in [5, 5.41) is 3.93. The molecule has 5 nitrogen and oxygen atoms in total. The number of thioether (sulfide) groups is 1. The first-order valence-corrected chi connectivity index (χ1v) is 7.18. The van der Waals surface area contributed by atoms with Crippen molar-refractivity contribution in [1.29, 1.82) is 0 Å². The van der Waals surface area contributed by atoms with Crippen LogP contribution in [0.1, 0.15) is 5.56 Å². The number of halogens is 1. The van der Waals surface area contributed by atoms with Gasteiger partial charge >= 0.3 is 0 Å². The Bertz CT molecular complexity index is 636. The van der Waals surface area contributed by atoms with E-state index in [0.29, 0.717) is 21.6 Å². The lowest BCUT2D eigenvalue weighted by atomic mass is 10.2. The van der Waals surface area contributed by atoms with Crippen LogP contribution in [0.4, 0.5) is 11.5 Å². The lowest BCUT2D eigenvalue weighted by molar-refractivity contribution is -0.113. The van der Waals surface area contributed by atoms with E-state index in [-0.39, 0.29) is 11.7 Å². The molecule has 7 heteroatoms. The number of nitrogens with two attached hydrogens (primary N) is 1. The first-order chi connectivity index (χ1) is 9.56. The first kappa shape index (κ1) is 14.6. The zero-order valence-corrected chi connectivity index (χ0v) is 12.3. The van der Waals surface area contributed by atoms with Crippen molar-refractivity contribution in [2.45, 2.75) is 11.9 Å². The van der Waals surface area contributed by atoms with Gasteiger partial charge in [-0.3, -0.25) is 4.79 Å². The van der Waals surface area contributed by atoms with Crippen molar-refractivity contribution in [2.24, 2.45) is 0 Å². The lowest BCUT2D eigenvalue weighted by Crippen LogP contribution is -2.14. The molecule has 1 aromatic heterocycles. The fourth-order valence-electron chi connectivity index (χ4n) is 1.45. The van der Waals surface area contributed by atoms with Gasteiger partial charge in [-0.1, -0.05) is 29.4 Å². The van der Waals surface area contributed by atoms with Crippen molar-refractivity contribution >= 4 is 40.8 Å². The predicted molar refractivity (Wildman–Crippen MR) is 82.0 cm³/mol. The molecule has 20 heavy (non-hydrogen) atoms. The molecule has 0 fully saturated rings. The van der Waals surface area contributed by atoms with E-state index in [0.717, 1.165) is 5.56 Å². The molecule has 0 bridgehead atoms. The van der Waals surface area contributed by atoms with Crippen LogP contribution in [0.3, 0.4) is 0 Å². The summed E-state index contributed by atoms with van der Waals surface area (Å²) < 4.78 is 0. The maximum absolute atomic E-state index is 11.8. The topological polar surface area (TPSA) is 80.9 Å². The minimum atomic E-state index is -0.153. The Balaban J connectivity index is 1.93. The number of nitrogens with one attached hydrogen (secondary N) is 1. The van der Waals surface area contributed by atoms with Crippen molar-refractivity contribution in [3.63, 3.8) is 0 Å². The Labute approximate surface area is 126 Å². The Morgan fingerprint density at radius 1 is 1.40 bits per heavy atom. The molecule has 0 atom stereocenters. The van der Waals surface area contributed by atoms with Gasteiger partial charge < -0.3 is 11.1 Å². The summed E-state index contributed by atoms with van der Waals surface area (Å²) in [5.74, 6) is 0.373. The molecule has 1 heterocycles. The van der Waals surface area contributed by atoms with E-state index < -0.39 is 0 Å². The SMILES string of the molecule is Cc1ccc(NC(=O)CSc2nccnc2N)cc1Cl. The largest absolute Gasteiger partial charge is 0.381 e. The molecule has 1 aromatic carbocycles. The Hall–Kier alpha value is -1.79. The summed E-state index contributed by atoms with van der Waals surface area (Å²) in [4.78, 5) is 19.8. The Morgan fingerprint density at radius 2 is 2.15 bits per heavy atom. The number of hydrogen-bond acceptors (Lipinski definition) is 5. The molecular weight excluding hydrogens is 296 g/mol. The highest BCUT2D eigenvalue weighted by atomic mass is 35.5. The van der Waals surface area contributed by atoms with Gasteiger partial charge in [-0.25, -0.2) is 9.97 Å². The van der Waals surface area contributed by atoms with Gasteiger partial charge in [0.2, 0.25) is 5.91 Å². The van der Waals surface area contributed by atoms with E-state index in [1.165, 1.54) is 24.2 Å². The molecule has 2 aromatic rings. The Kier molecular flexibility index (Phi) is 4.81. The quantitative estimate of drug-likeness (QED) is 0.849. The van der Waals surface area contributed by atoms with Crippen LogP contribution >= 0.6 is 23.4 Å². The number of hydrogen-bond donors (Lipinski definition) is 2. The van der Waals surface area contributed by atoms with Gasteiger partial charge in [0.15, 0.2) is 5.82 Å². The standard InChI is InChI=1S/C13H13ClN4OS/c1-8-2-3-9(6-10(8)14)18-11(19)7-20-13-12(15)16-4-5-17-13/h2-6H,7H2,1H3,(H2,15,16)(H,18,19). The average molecular weight is 309 g/mol. The molecule has 0 saturated carbocycles. The highest BCUT2D eigenvalue weighted by Gasteiger charge is 2.08. The number of rotatable bonds is 4. The van der Waals surface area contributed by atoms with Crippen LogP contribution in [0.2, 0.25) is 5.02 Å². The van der Waals surface area contributed by atoms with E-state index >= 15 is 0 Å². The minimum absolute atomic E-state index is 0.153. The number of carbonyl (C=O) groups excluding carboxylic acids is 1. The van der Waals surface area contributed by atoms with Gasteiger partial charge in [-0.2, -0.15) is 0 Å². The molecule has 3 N–H and O–H groups in total. The van der Waals surface area contributed by atoms with Crippen LogP contribution in [0.25, 0.3) is 0 Å². The van der Waals surface area contributed by atoms with Crippen LogP contribution < -0.4 is 11.1 Å². The molecule has 0 aliphatic carbocycles. The third kappa shape index (κ3) is 3.85. The number of amides is 1. The van der Waals surface area contributed by atoms with Gasteiger partial charge in [-0.15, -0.1) is 0 Å². The number of nitrogen functional groups attached to an aromatic ring is 1. The van der Waals surface area contributed by atoms with Gasteiger partial charge in [-0.05, 0) is 24.6 Å². The summed E-state index contributed by atoms with van der Waals surface area (Å²) in [6.45, 7) is 1.90. The number of nitrogens with zero attached hydrogens (tertiary/aromatic N) is 2. The summed E-state index contributed by atoms with van der Waals surface area (Å²) >= 11 is 7.24. The van der Waals surface area contributed by atoms with Gasteiger partial charge in [0.25, 0.3) is 0 Å². The third-order valence-corrected chi connectivity index (χ3v) is 3.89. The number of anilines is 2. The molecule has 0 saturated heterocycles. The fourth-order valence-corrected chi connectivity index (χ4v) is 2.31. The van der Waals surface area contributed by atoms with E-state index in [1.54, 1.807) is 12.1 Å². The van der Waals surface area contributed by atoms with Crippen molar-refractivity contribution in [1.82, 2.24) is 9.97 Å². The maximum Gasteiger partial charge on any atom is 0.234 e. The van der Waals surface area contributed by atoms with Crippen molar-refractivity contribution in [3.8, 4) is 0 Å². The van der Waals surface area contributed by atoms with E-state index in [4.69, 9.17) is 17.3 Å². The summed E-state index contributed by atoms with van der Waals surface area (Å²) in [6, 6.07) is 5.38. The fraction of sp³-hybridized carbons (Fsp3) is 0.154. The van der Waals surface area contributed by atoms with Gasteiger partial charge in [0, 0.05) is 23.1 Å². The van der Waals surface area contributed by atoms with Crippen LogP contribution in [-0.4, -0.2) is 21.6 Å². The van der Waals surface area contributed by atoms with Crippen molar-refractivity contribution in [3.05, 3.63) is 41.2 Å². The lowest BCUT2D eigenvalue weighted by Gasteiger charge is -2.07. The number of aryl methyl sites for hydroxylation is 1. The predicted octanol–water partition coefficient (Wildman–Crippen LogP) is 2.75. The molecular formula is C13H13ClN4OS. The summed E-state index contributed by atoms with van der Waals surface area (Å²) in [5.41, 5.74) is 7.28. The first-order valence-electron chi connectivity index (χ1n) is 5.81. The summed E-state index contributed by atoms with van der Waals surface area (Å²) in [7, 11) is 0. The molecule has 0 aliphatic heterocycles. The van der Waals surface area contributed by atoms with Crippen molar-refractivity contribution < 1.29 is 4.79 Å². The second-order valence-corrected chi connectivity index (χ2v) is 5.42. The number of aromatic nitrogens is 2. The highest BCUT2D eigenvalue weighted by Crippen LogP contribution is 2.22. The van der Waals surface area contributed by atoms with Crippen LogP contribution in [-0.2, 0) is 4.79 Å². The zero-order valence-electron chi connectivity index (χ0n) is 10.8. The second kappa shape index (κ2) is 6.58. The van der Waals surface area contributed by atoms with Crippen LogP contribution in [0, 0.1) is 6.92 Å². The number of carbonyl (C=O) groups is 1. The molecule has 0 radical (unpaired) electrons. The molecule has 0 aliphatic rings. The van der Waals surface area contributed by atoms with Crippen LogP contribution in [0.5, 0.6) is 0 Å². The van der Waals surface area contributed by atoms with E-state index in [9.17, 15) is 4.79 Å². The normalized spacial score (nSPS) is 10.3. The summed E-state index contributed by atoms with van der Waals surface area (Å²) in [6.07, 6.45) is 3.05. The molecule has 2 rings (SSSR count). The molecule has 0 unspecified atom stereocenters.